The number of para-hydroxylation sites is 1. The number of hydrogen-bond acceptors (Lipinski definition) is 12. The summed E-state index contributed by atoms with van der Waals surface area (Å²) >= 11 is 0. The van der Waals surface area contributed by atoms with Crippen LogP contribution in [-0.2, 0) is 6.54 Å². The van der Waals surface area contributed by atoms with Gasteiger partial charge in [0.1, 0.15) is 36.4 Å². The second-order valence-corrected chi connectivity index (χ2v) is 10.5. The highest BCUT2D eigenvalue weighted by atomic mass is 16.6. The molecule has 4 aromatic heterocycles. The molecule has 5 N–H and O–H groups in total. The van der Waals surface area contributed by atoms with Crippen LogP contribution in [0, 0.1) is 10.1 Å². The van der Waals surface area contributed by atoms with Crippen molar-refractivity contribution < 1.29 is 14.8 Å². The third-order valence-corrected chi connectivity index (χ3v) is 7.57. The molecule has 5 heterocycles. The predicted molar refractivity (Wildman–Crippen MR) is 164 cm³/mol. The van der Waals surface area contributed by atoms with E-state index in [0.29, 0.717) is 5.75 Å². The van der Waals surface area contributed by atoms with Crippen molar-refractivity contribution in [3.05, 3.63) is 136 Å². The number of H-pyrrole nitrogens is 4. The quantitative estimate of drug-likeness (QED) is 0.115. The highest BCUT2D eigenvalue weighted by Crippen LogP contribution is 2.47. The summed E-state index contributed by atoms with van der Waals surface area (Å²) < 4.78 is 7.19. The Hall–Kier alpha value is -6.69. The molecule has 0 saturated carbocycles. The molecule has 0 aliphatic carbocycles. The molecular weight excluding hydrogens is 616 g/mol. The number of nitro benzene ring substituents is 1. The van der Waals surface area contributed by atoms with Crippen molar-refractivity contribution in [1.82, 2.24) is 39.5 Å². The van der Waals surface area contributed by atoms with Crippen LogP contribution in [0.3, 0.4) is 0 Å². The Morgan fingerprint density at radius 2 is 1.51 bits per heavy atom. The zero-order chi connectivity index (χ0) is 32.8. The minimum Gasteiger partial charge on any atom is -0.491 e. The van der Waals surface area contributed by atoms with Gasteiger partial charge in [-0.15, -0.1) is 0 Å². The van der Waals surface area contributed by atoms with Crippen LogP contribution in [0.5, 0.6) is 5.75 Å². The number of hydrogen-bond donors (Lipinski definition) is 5. The molecule has 2 aromatic carbocycles. The average molecular weight is 639 g/mol. The molecule has 18 nitrogen and oxygen atoms in total. The number of imidazole rings is 1. The maximum atomic E-state index is 13.5. The zero-order valence-electron chi connectivity index (χ0n) is 23.9. The minimum absolute atomic E-state index is 0.0161. The van der Waals surface area contributed by atoms with Crippen LogP contribution in [-0.4, -0.2) is 62.2 Å². The van der Waals surface area contributed by atoms with Crippen molar-refractivity contribution in [2.75, 3.05) is 11.5 Å². The molecule has 0 saturated heterocycles. The number of nitro groups is 1. The first-order chi connectivity index (χ1) is 22.7. The van der Waals surface area contributed by atoms with Crippen LogP contribution >= 0.6 is 0 Å². The Labute approximate surface area is 260 Å². The SMILES string of the molecule is O=c1[nH]c2c(c(=O)[nH]1)C(c1ccc([N+](=O)[O-])cc1)c1c([nH]c(=O)[nH]c1=O)N2c1ncnc2c1ncn2CC(O)COc1ccccc1. The van der Waals surface area contributed by atoms with E-state index in [-0.39, 0.29) is 64.1 Å². The summed E-state index contributed by atoms with van der Waals surface area (Å²) in [6, 6.07) is 14.1. The minimum atomic E-state index is -1.19. The number of aliphatic hydroxyl groups excluding tert-OH is 1. The molecule has 6 aromatic rings. The van der Waals surface area contributed by atoms with Crippen molar-refractivity contribution in [2.45, 2.75) is 18.6 Å². The fourth-order valence-electron chi connectivity index (χ4n) is 5.60. The third-order valence-electron chi connectivity index (χ3n) is 7.57. The number of aromatic nitrogens is 8. The van der Waals surface area contributed by atoms with Crippen LogP contribution in [0.4, 0.5) is 23.1 Å². The number of benzene rings is 2. The fourth-order valence-corrected chi connectivity index (χ4v) is 5.60. The van der Waals surface area contributed by atoms with Crippen molar-refractivity contribution >= 4 is 34.3 Å². The summed E-state index contributed by atoms with van der Waals surface area (Å²) in [4.78, 5) is 86.8. The molecule has 0 radical (unpaired) electrons. The van der Waals surface area contributed by atoms with E-state index < -0.39 is 39.4 Å². The fraction of sp³-hybridized carbons (Fsp3) is 0.138. The lowest BCUT2D eigenvalue weighted by Gasteiger charge is -2.34. The third kappa shape index (κ3) is 5.13. The molecule has 1 atom stereocenters. The van der Waals surface area contributed by atoms with E-state index in [0.717, 1.165) is 0 Å². The summed E-state index contributed by atoms with van der Waals surface area (Å²) in [5.74, 6) is -0.902. The second kappa shape index (κ2) is 11.3. The van der Waals surface area contributed by atoms with Crippen LogP contribution in [0.25, 0.3) is 11.2 Å². The summed E-state index contributed by atoms with van der Waals surface area (Å²) in [6.45, 7) is -0.0191. The average Bonchev–Trinajstić information content (AvgIpc) is 3.46. The van der Waals surface area contributed by atoms with E-state index in [2.05, 4.69) is 34.9 Å². The number of nitrogens with zero attached hydrogens (tertiary/aromatic N) is 6. The topological polar surface area (TPSA) is 251 Å². The number of aliphatic hydroxyl groups is 1. The van der Waals surface area contributed by atoms with E-state index in [4.69, 9.17) is 4.74 Å². The molecule has 236 valence electrons. The zero-order valence-corrected chi connectivity index (χ0v) is 23.9. The smallest absolute Gasteiger partial charge is 0.327 e. The molecule has 0 amide bonds. The maximum Gasteiger partial charge on any atom is 0.327 e. The number of aromatic amines is 4. The van der Waals surface area contributed by atoms with E-state index >= 15 is 0 Å². The lowest BCUT2D eigenvalue weighted by molar-refractivity contribution is -0.384. The molecule has 0 bridgehead atoms. The van der Waals surface area contributed by atoms with Gasteiger partial charge in [0, 0.05) is 12.1 Å². The van der Waals surface area contributed by atoms with Crippen molar-refractivity contribution in [1.29, 1.82) is 0 Å². The number of fused-ring (bicyclic) bond motifs is 3. The first-order valence-corrected chi connectivity index (χ1v) is 14.0. The Bertz CT molecular complexity index is 2320. The Balaban J connectivity index is 1.37. The first kappa shape index (κ1) is 29.0. The molecule has 1 aliphatic heterocycles. The second-order valence-electron chi connectivity index (χ2n) is 10.5. The summed E-state index contributed by atoms with van der Waals surface area (Å²) in [7, 11) is 0. The molecule has 18 heteroatoms. The standard InChI is InChI=1S/C29H22N10O8/c40-16(11-47-17-4-2-1-3-5-17)10-37-13-32-21-24(37)30-12-31-25(21)38-22-19(26(41)35-28(43)33-22)18(14-6-8-15(9-7-14)39(45)46)20-23(38)34-29(44)36-27(20)42/h1-9,12-13,16,18,40H,10-11H2,(H2,33,35,41,43)(H2,34,36,42,44). The van der Waals surface area contributed by atoms with Crippen molar-refractivity contribution in [3.8, 4) is 5.75 Å². The van der Waals surface area contributed by atoms with Gasteiger partial charge in [-0.25, -0.2) is 24.5 Å². The predicted octanol–water partition coefficient (Wildman–Crippen LogP) is 0.891. The van der Waals surface area contributed by atoms with E-state index in [9.17, 15) is 34.4 Å². The van der Waals surface area contributed by atoms with Gasteiger partial charge in [0.05, 0.1) is 34.8 Å². The van der Waals surface area contributed by atoms with Gasteiger partial charge in [-0.1, -0.05) is 30.3 Å². The molecule has 7 rings (SSSR count). The van der Waals surface area contributed by atoms with E-state index in [1.165, 1.54) is 41.8 Å². The number of anilines is 3. The number of non-ortho nitro benzene ring substituents is 1. The molecule has 1 unspecified atom stereocenters. The van der Waals surface area contributed by atoms with E-state index in [1.807, 2.05) is 6.07 Å². The molecule has 47 heavy (non-hydrogen) atoms. The molecule has 0 fully saturated rings. The van der Waals surface area contributed by atoms with Gasteiger partial charge in [-0.3, -0.25) is 44.5 Å². The lowest BCUT2D eigenvalue weighted by atomic mass is 9.83. The monoisotopic (exact) mass is 638 g/mol. The van der Waals surface area contributed by atoms with E-state index in [1.54, 1.807) is 28.8 Å². The molecule has 1 aliphatic rings. The normalized spacial score (nSPS) is 13.3. The van der Waals surface area contributed by atoms with Gasteiger partial charge >= 0.3 is 11.4 Å². The van der Waals surface area contributed by atoms with Crippen molar-refractivity contribution in [3.63, 3.8) is 0 Å². The first-order valence-electron chi connectivity index (χ1n) is 14.0. The molecular formula is C29H22N10O8. The van der Waals surface area contributed by atoms with Crippen LogP contribution in [0.1, 0.15) is 22.6 Å². The van der Waals surface area contributed by atoms with Gasteiger partial charge in [-0.05, 0) is 17.7 Å². The Kier molecular flexibility index (Phi) is 7.01. The molecule has 0 spiro atoms. The highest BCUT2D eigenvalue weighted by Gasteiger charge is 2.40. The van der Waals surface area contributed by atoms with Crippen molar-refractivity contribution in [2.24, 2.45) is 0 Å². The van der Waals surface area contributed by atoms with Crippen LogP contribution < -0.4 is 32.1 Å². The van der Waals surface area contributed by atoms with Gasteiger partial charge in [0.15, 0.2) is 17.0 Å². The van der Waals surface area contributed by atoms with Gasteiger partial charge in [-0.2, -0.15) is 0 Å². The number of rotatable bonds is 8. The Morgan fingerprint density at radius 1 is 0.872 bits per heavy atom. The highest BCUT2D eigenvalue weighted by molar-refractivity contribution is 5.92. The van der Waals surface area contributed by atoms with Gasteiger partial charge in [0.25, 0.3) is 16.8 Å². The Morgan fingerprint density at radius 3 is 2.13 bits per heavy atom. The van der Waals surface area contributed by atoms with Gasteiger partial charge < -0.3 is 14.4 Å². The number of ether oxygens (including phenoxy) is 1. The summed E-state index contributed by atoms with van der Waals surface area (Å²) in [6.07, 6.45) is 1.61. The van der Waals surface area contributed by atoms with Crippen LogP contribution in [0.2, 0.25) is 0 Å². The summed E-state index contributed by atoms with van der Waals surface area (Å²) in [5, 5.41) is 22.0. The number of nitrogens with one attached hydrogen (secondary N) is 4. The van der Waals surface area contributed by atoms with Gasteiger partial charge in [0.2, 0.25) is 0 Å². The maximum absolute atomic E-state index is 13.5. The lowest BCUT2D eigenvalue weighted by Crippen LogP contribution is -2.40. The largest absolute Gasteiger partial charge is 0.491 e. The summed E-state index contributed by atoms with van der Waals surface area (Å²) in [5.41, 5.74) is -3.28. The van der Waals surface area contributed by atoms with Crippen LogP contribution in [0.15, 0.2) is 86.4 Å².